The van der Waals surface area contributed by atoms with Crippen LogP contribution >= 0.6 is 0 Å². The van der Waals surface area contributed by atoms with Crippen molar-refractivity contribution in [1.29, 1.82) is 0 Å². The minimum Gasteiger partial charge on any atom is -0.446 e. The van der Waals surface area contributed by atoms with Crippen LogP contribution in [0, 0.1) is 0 Å². The van der Waals surface area contributed by atoms with Crippen LogP contribution in [0.15, 0.2) is 65.9 Å². The van der Waals surface area contributed by atoms with E-state index in [-0.39, 0.29) is 6.61 Å². The van der Waals surface area contributed by atoms with Crippen LogP contribution in [0.4, 0.5) is 9.59 Å². The van der Waals surface area contributed by atoms with Gasteiger partial charge < -0.3 is 9.47 Å². The highest BCUT2D eigenvalue weighted by Crippen LogP contribution is 2.35. The Morgan fingerprint density at radius 3 is 2.47 bits per heavy atom. The van der Waals surface area contributed by atoms with Crippen molar-refractivity contribution in [3.05, 3.63) is 82.4 Å². The number of benzene rings is 2. The molecule has 0 saturated carbocycles. The van der Waals surface area contributed by atoms with E-state index in [2.05, 4.69) is 10.0 Å². The van der Waals surface area contributed by atoms with Gasteiger partial charge in [0.15, 0.2) is 0 Å². The monoisotopic (exact) mass is 489 g/mol. The van der Waals surface area contributed by atoms with Crippen LogP contribution in [0.3, 0.4) is 0 Å². The fraction of sp³-hybridized carbons (Fsp3) is 0.346. The Hall–Kier alpha value is -4.30. The van der Waals surface area contributed by atoms with Gasteiger partial charge in [-0.25, -0.2) is 14.5 Å². The summed E-state index contributed by atoms with van der Waals surface area (Å²) in [7, 11) is 0. The first kappa shape index (κ1) is 24.8. The molecule has 36 heavy (non-hydrogen) atoms. The summed E-state index contributed by atoms with van der Waals surface area (Å²) in [6, 6.07) is 14.3. The number of imide groups is 1. The average Bonchev–Trinajstić information content (AvgIpc) is 3.42. The van der Waals surface area contributed by atoms with Gasteiger partial charge in [0.25, 0.3) is 0 Å². The van der Waals surface area contributed by atoms with E-state index in [9.17, 15) is 19.9 Å². The minimum absolute atomic E-state index is 0.00388. The molecular formula is C26H27N5O5. The Labute approximate surface area is 208 Å². The predicted molar refractivity (Wildman–Crippen MR) is 132 cm³/mol. The highest BCUT2D eigenvalue weighted by molar-refractivity contribution is 5.98. The van der Waals surface area contributed by atoms with E-state index in [1.54, 1.807) is 70.3 Å². The van der Waals surface area contributed by atoms with Crippen molar-refractivity contribution in [2.45, 2.75) is 51.3 Å². The molecule has 0 unspecified atom stereocenters. The number of nitrogens with zero attached hydrogens (tertiary/aromatic N) is 5. The number of cyclic esters (lactones) is 1. The number of para-hydroxylation sites is 1. The van der Waals surface area contributed by atoms with E-state index in [0.717, 1.165) is 10.5 Å². The zero-order chi connectivity index (χ0) is 26.0. The molecule has 10 nitrogen and oxygen atoms in total. The lowest BCUT2D eigenvalue weighted by Crippen LogP contribution is -2.42. The molecule has 1 saturated heterocycles. The van der Waals surface area contributed by atoms with Crippen molar-refractivity contribution in [1.82, 2.24) is 9.47 Å². The quantitative estimate of drug-likeness (QED) is 0.249. The van der Waals surface area contributed by atoms with Gasteiger partial charge in [0, 0.05) is 22.4 Å². The van der Waals surface area contributed by atoms with E-state index in [1.807, 2.05) is 18.2 Å². The molecule has 0 N–H and O–H groups in total. The van der Waals surface area contributed by atoms with Crippen LogP contribution in [-0.4, -0.2) is 45.8 Å². The van der Waals surface area contributed by atoms with Crippen LogP contribution < -0.4 is 0 Å². The predicted octanol–water partition coefficient (Wildman–Crippen LogP) is 5.93. The molecule has 1 aliphatic rings. The van der Waals surface area contributed by atoms with Gasteiger partial charge in [-0.15, -0.1) is 0 Å². The van der Waals surface area contributed by atoms with Gasteiger partial charge in [0.2, 0.25) is 5.91 Å². The molecule has 2 heterocycles. The Balaban J connectivity index is 1.73. The Morgan fingerprint density at radius 2 is 1.81 bits per heavy atom. The minimum atomic E-state index is -1.26. The van der Waals surface area contributed by atoms with E-state index >= 15 is 0 Å². The fourth-order valence-corrected chi connectivity index (χ4v) is 4.35. The molecule has 1 fully saturated rings. The second-order valence-electron chi connectivity index (χ2n) is 9.60. The van der Waals surface area contributed by atoms with E-state index in [1.165, 1.54) is 4.57 Å². The first-order valence-corrected chi connectivity index (χ1v) is 11.5. The smallest absolute Gasteiger partial charge is 0.419 e. The molecule has 2 aromatic carbocycles. The lowest BCUT2D eigenvalue weighted by Gasteiger charge is -2.26. The number of carbonyl (C=O) groups excluding carboxylic acids is 3. The van der Waals surface area contributed by atoms with Gasteiger partial charge in [0.1, 0.15) is 24.3 Å². The Kier molecular flexibility index (Phi) is 6.72. The zero-order valence-electron chi connectivity index (χ0n) is 20.5. The van der Waals surface area contributed by atoms with Crippen LogP contribution in [0.2, 0.25) is 0 Å². The summed E-state index contributed by atoms with van der Waals surface area (Å²) in [6.45, 7) is 7.04. The summed E-state index contributed by atoms with van der Waals surface area (Å²) < 4.78 is 12.1. The summed E-state index contributed by atoms with van der Waals surface area (Å²) in [6.07, 6.45) is 0.222. The summed E-state index contributed by atoms with van der Waals surface area (Å²) in [5.41, 5.74) is 10.5. The van der Waals surface area contributed by atoms with E-state index in [0.29, 0.717) is 16.5 Å². The van der Waals surface area contributed by atoms with Crippen molar-refractivity contribution in [3.8, 4) is 0 Å². The molecule has 0 aliphatic carbocycles. The lowest BCUT2D eigenvalue weighted by molar-refractivity contribution is -0.131. The van der Waals surface area contributed by atoms with Gasteiger partial charge >= 0.3 is 12.2 Å². The standard InChI is InChI=1S/C26H27N5O5/c1-16(19-14-30(24(33)36-26(2,3)4)20-13-9-8-12-18(19)20)22(28-29-27)23(32)31-21(15-35-25(31)34)17-10-6-5-7-11-17/h5-14,16,21-22H,15H2,1-4H3/t16-,21-,22-/m0/s1. The molecule has 186 valence electrons. The maximum Gasteiger partial charge on any atom is 0.419 e. The number of amides is 2. The fourth-order valence-electron chi connectivity index (χ4n) is 4.35. The van der Waals surface area contributed by atoms with Gasteiger partial charge in [-0.3, -0.25) is 9.36 Å². The number of azide groups is 1. The molecular weight excluding hydrogens is 462 g/mol. The number of aromatic nitrogens is 1. The summed E-state index contributed by atoms with van der Waals surface area (Å²) in [4.78, 5) is 43.1. The highest BCUT2D eigenvalue weighted by Gasteiger charge is 2.43. The SMILES string of the molecule is C[C@@H](c1cn(C(=O)OC(C)(C)C)c2ccccc12)[C@H](N=[N+]=[N-])C(=O)N1C(=O)OC[C@H]1c1ccccc1. The van der Waals surface area contributed by atoms with Crippen molar-refractivity contribution < 1.29 is 23.9 Å². The first-order chi connectivity index (χ1) is 17.1. The number of hydrogen-bond acceptors (Lipinski definition) is 6. The number of ether oxygens (including phenoxy) is 2. The molecule has 0 radical (unpaired) electrons. The van der Waals surface area contributed by atoms with Crippen molar-refractivity contribution in [2.24, 2.45) is 5.11 Å². The third-order valence-electron chi connectivity index (χ3n) is 6.02. The number of rotatable bonds is 5. The van der Waals surface area contributed by atoms with Gasteiger partial charge in [-0.2, -0.15) is 0 Å². The molecule has 4 rings (SSSR count). The van der Waals surface area contributed by atoms with Crippen molar-refractivity contribution in [3.63, 3.8) is 0 Å². The van der Waals surface area contributed by atoms with Crippen LogP contribution in [0.5, 0.6) is 0 Å². The number of carbonyl (C=O) groups is 3. The lowest BCUT2D eigenvalue weighted by atomic mass is 9.92. The van der Waals surface area contributed by atoms with Crippen LogP contribution in [0.1, 0.15) is 50.8 Å². The number of fused-ring (bicyclic) bond motifs is 1. The van der Waals surface area contributed by atoms with Gasteiger partial charge in [0.05, 0.1) is 5.52 Å². The molecule has 1 aliphatic heterocycles. The maximum absolute atomic E-state index is 13.7. The largest absolute Gasteiger partial charge is 0.446 e. The van der Waals surface area contributed by atoms with E-state index < -0.39 is 41.7 Å². The summed E-state index contributed by atoms with van der Waals surface area (Å²) in [5, 5.41) is 4.48. The molecule has 0 spiro atoms. The maximum atomic E-state index is 13.7. The topological polar surface area (TPSA) is 127 Å². The van der Waals surface area contributed by atoms with Crippen molar-refractivity contribution in [2.75, 3.05) is 6.61 Å². The zero-order valence-corrected chi connectivity index (χ0v) is 20.5. The molecule has 1 aromatic heterocycles. The summed E-state index contributed by atoms with van der Waals surface area (Å²) in [5.74, 6) is -1.35. The Bertz CT molecular complexity index is 1350. The van der Waals surface area contributed by atoms with Crippen molar-refractivity contribution >= 4 is 29.0 Å². The number of hydrogen-bond donors (Lipinski definition) is 0. The molecule has 2 amide bonds. The molecule has 10 heteroatoms. The second kappa shape index (κ2) is 9.75. The van der Waals surface area contributed by atoms with E-state index in [4.69, 9.17) is 9.47 Å². The summed E-state index contributed by atoms with van der Waals surface area (Å²) >= 11 is 0. The third kappa shape index (κ3) is 4.76. The average molecular weight is 490 g/mol. The first-order valence-electron chi connectivity index (χ1n) is 11.5. The molecule has 0 bridgehead atoms. The normalized spacial score (nSPS) is 17.3. The van der Waals surface area contributed by atoms with Crippen LogP contribution in [0.25, 0.3) is 21.3 Å². The van der Waals surface area contributed by atoms with Crippen LogP contribution in [-0.2, 0) is 14.3 Å². The second-order valence-corrected chi connectivity index (χ2v) is 9.60. The molecule has 3 atom stereocenters. The highest BCUT2D eigenvalue weighted by atomic mass is 16.6. The van der Waals surface area contributed by atoms with Gasteiger partial charge in [-0.1, -0.05) is 60.6 Å². The third-order valence-corrected chi connectivity index (χ3v) is 6.02. The molecule has 3 aromatic rings. The van der Waals surface area contributed by atoms with Gasteiger partial charge in [-0.05, 0) is 43.5 Å². The Morgan fingerprint density at radius 1 is 1.14 bits per heavy atom.